The molecule has 2 heterocycles. The van der Waals surface area contributed by atoms with Gasteiger partial charge in [0.05, 0.1) is 11.8 Å². The first-order chi connectivity index (χ1) is 13.3. The van der Waals surface area contributed by atoms with Crippen LogP contribution in [0.3, 0.4) is 0 Å². The Kier molecular flexibility index (Phi) is 7.96. The van der Waals surface area contributed by atoms with Gasteiger partial charge in [-0.25, -0.2) is 0 Å². The summed E-state index contributed by atoms with van der Waals surface area (Å²) >= 11 is 0. The molecule has 0 N–H and O–H groups in total. The van der Waals surface area contributed by atoms with Crippen LogP contribution in [0.4, 0.5) is 18.9 Å². The molecule has 1 aliphatic heterocycles. The molecule has 3 rings (SSSR count). The highest BCUT2D eigenvalue weighted by molar-refractivity contribution is 5.73. The zero-order valence-electron chi connectivity index (χ0n) is 17.4. The third kappa shape index (κ3) is 5.76. The lowest BCUT2D eigenvalue weighted by molar-refractivity contribution is -0.137. The first-order valence-electron chi connectivity index (χ1n) is 10.2. The summed E-state index contributed by atoms with van der Waals surface area (Å²) in [5.74, 6) is 0. The van der Waals surface area contributed by atoms with E-state index in [1.54, 1.807) is 19.3 Å². The van der Waals surface area contributed by atoms with Crippen LogP contribution in [0.5, 0.6) is 0 Å². The number of hydrogen-bond acceptors (Lipinski definition) is 2. The number of rotatable bonds is 5. The molecule has 0 amide bonds. The number of halogens is 3. The van der Waals surface area contributed by atoms with Crippen LogP contribution in [0.15, 0.2) is 24.5 Å². The SMILES string of the molecule is CCCCCCC.CN1CCCc2cc(-c3cnn(C)c3)c(C(F)(F)F)cc21. The zero-order chi connectivity index (χ0) is 20.7. The number of aromatic nitrogens is 2. The van der Waals surface area contributed by atoms with Crippen LogP contribution in [-0.2, 0) is 19.6 Å². The van der Waals surface area contributed by atoms with E-state index in [0.29, 0.717) is 11.3 Å². The Morgan fingerprint density at radius 3 is 2.25 bits per heavy atom. The summed E-state index contributed by atoms with van der Waals surface area (Å²) in [6, 6.07) is 2.95. The molecule has 2 aromatic rings. The minimum Gasteiger partial charge on any atom is -0.374 e. The maximum atomic E-state index is 13.4. The Balaban J connectivity index is 0.000000345. The van der Waals surface area contributed by atoms with E-state index >= 15 is 0 Å². The van der Waals surface area contributed by atoms with Crippen molar-refractivity contribution in [3.63, 3.8) is 0 Å². The van der Waals surface area contributed by atoms with E-state index < -0.39 is 11.7 Å². The van der Waals surface area contributed by atoms with Crippen molar-refractivity contribution >= 4 is 5.69 Å². The van der Waals surface area contributed by atoms with Crippen molar-refractivity contribution in [3.05, 3.63) is 35.7 Å². The maximum absolute atomic E-state index is 13.4. The van der Waals surface area contributed by atoms with Gasteiger partial charge in [-0.1, -0.05) is 46.0 Å². The number of alkyl halides is 3. The van der Waals surface area contributed by atoms with E-state index in [1.165, 1.54) is 49.0 Å². The van der Waals surface area contributed by atoms with E-state index in [9.17, 15) is 13.2 Å². The molecule has 0 saturated heterocycles. The van der Waals surface area contributed by atoms with E-state index in [4.69, 9.17) is 0 Å². The fraction of sp³-hybridized carbons (Fsp3) is 0.591. The second kappa shape index (κ2) is 9.99. The number of hydrogen-bond donors (Lipinski definition) is 0. The van der Waals surface area contributed by atoms with Gasteiger partial charge >= 0.3 is 6.18 Å². The van der Waals surface area contributed by atoms with Crippen molar-refractivity contribution in [1.29, 1.82) is 0 Å². The van der Waals surface area contributed by atoms with Crippen molar-refractivity contribution in [3.8, 4) is 11.1 Å². The number of unbranched alkanes of at least 4 members (excludes halogenated alkanes) is 4. The summed E-state index contributed by atoms with van der Waals surface area (Å²) in [6.07, 6.45) is 7.49. The smallest absolute Gasteiger partial charge is 0.374 e. The summed E-state index contributed by atoms with van der Waals surface area (Å²) in [5.41, 5.74) is 1.77. The van der Waals surface area contributed by atoms with Gasteiger partial charge in [-0.05, 0) is 36.1 Å². The molecule has 1 aromatic carbocycles. The van der Waals surface area contributed by atoms with Gasteiger partial charge in [0.1, 0.15) is 0 Å². The van der Waals surface area contributed by atoms with Gasteiger partial charge in [0.25, 0.3) is 0 Å². The fourth-order valence-corrected chi connectivity index (χ4v) is 3.53. The Labute approximate surface area is 166 Å². The van der Waals surface area contributed by atoms with E-state index in [1.807, 2.05) is 11.9 Å². The third-order valence-electron chi connectivity index (χ3n) is 5.10. The molecule has 6 heteroatoms. The summed E-state index contributed by atoms with van der Waals surface area (Å²) in [5, 5.41) is 3.98. The van der Waals surface area contributed by atoms with E-state index in [0.717, 1.165) is 24.9 Å². The molecule has 1 aromatic heterocycles. The molecule has 0 radical (unpaired) electrons. The molecule has 156 valence electrons. The van der Waals surface area contributed by atoms with Gasteiger partial charge in [0.15, 0.2) is 0 Å². The largest absolute Gasteiger partial charge is 0.417 e. The predicted octanol–water partition coefficient (Wildman–Crippen LogP) is 6.47. The van der Waals surface area contributed by atoms with Crippen LogP contribution >= 0.6 is 0 Å². The molecule has 0 aliphatic carbocycles. The van der Waals surface area contributed by atoms with Crippen LogP contribution in [-0.4, -0.2) is 23.4 Å². The summed E-state index contributed by atoms with van der Waals surface area (Å²) in [4.78, 5) is 1.89. The van der Waals surface area contributed by atoms with Gasteiger partial charge < -0.3 is 4.90 Å². The number of fused-ring (bicyclic) bond motifs is 1. The minimum absolute atomic E-state index is 0.213. The highest BCUT2D eigenvalue weighted by atomic mass is 19.4. The van der Waals surface area contributed by atoms with Gasteiger partial charge in [-0.2, -0.15) is 18.3 Å². The van der Waals surface area contributed by atoms with Crippen molar-refractivity contribution in [2.75, 3.05) is 18.5 Å². The molecule has 3 nitrogen and oxygen atoms in total. The monoisotopic (exact) mass is 395 g/mol. The molecule has 0 saturated carbocycles. The molecular formula is C22H32F3N3. The average Bonchev–Trinajstić information content (AvgIpc) is 3.08. The van der Waals surface area contributed by atoms with Gasteiger partial charge in [0.2, 0.25) is 0 Å². The molecule has 0 spiro atoms. The Morgan fingerprint density at radius 2 is 1.71 bits per heavy atom. The summed E-state index contributed by atoms with van der Waals surface area (Å²) < 4.78 is 41.7. The first-order valence-corrected chi connectivity index (χ1v) is 10.2. The van der Waals surface area contributed by atoms with Crippen LogP contribution in [0.25, 0.3) is 11.1 Å². The lowest BCUT2D eigenvalue weighted by atomic mass is 9.93. The fourth-order valence-electron chi connectivity index (χ4n) is 3.53. The van der Waals surface area contributed by atoms with Gasteiger partial charge in [-0.3, -0.25) is 4.68 Å². The quantitative estimate of drug-likeness (QED) is 0.541. The standard InChI is InChI=1S/C15H16F3N3.C7H16/c1-20-5-3-4-10-6-12(11-8-19-21(2)9-11)13(7-14(10)20)15(16,17)18;1-3-5-7-6-4-2/h6-9H,3-5H2,1-2H3;3-7H2,1-2H3. The zero-order valence-corrected chi connectivity index (χ0v) is 17.4. The van der Waals surface area contributed by atoms with Crippen LogP contribution in [0.2, 0.25) is 0 Å². The number of nitrogens with zero attached hydrogens (tertiary/aromatic N) is 3. The molecule has 0 bridgehead atoms. The molecule has 0 unspecified atom stereocenters. The van der Waals surface area contributed by atoms with Crippen molar-refractivity contribution < 1.29 is 13.2 Å². The number of anilines is 1. The van der Waals surface area contributed by atoms with Crippen molar-refractivity contribution in [1.82, 2.24) is 9.78 Å². The Hall–Kier alpha value is -1.98. The van der Waals surface area contributed by atoms with Gasteiger partial charge in [0, 0.05) is 38.1 Å². The van der Waals surface area contributed by atoms with E-state index in [2.05, 4.69) is 18.9 Å². The summed E-state index contributed by atoms with van der Waals surface area (Å²) in [6.45, 7) is 5.28. The predicted molar refractivity (Wildman–Crippen MR) is 110 cm³/mol. The van der Waals surface area contributed by atoms with Gasteiger partial charge in [-0.15, -0.1) is 0 Å². The summed E-state index contributed by atoms with van der Waals surface area (Å²) in [7, 11) is 3.53. The Bertz CT molecular complexity index is 746. The molecular weight excluding hydrogens is 363 g/mol. The average molecular weight is 396 g/mol. The van der Waals surface area contributed by atoms with E-state index in [-0.39, 0.29) is 5.56 Å². The third-order valence-corrected chi connectivity index (χ3v) is 5.10. The molecule has 0 atom stereocenters. The topological polar surface area (TPSA) is 21.1 Å². The minimum atomic E-state index is -4.38. The Morgan fingerprint density at radius 1 is 1.04 bits per heavy atom. The second-order valence-electron chi connectivity index (χ2n) is 7.51. The van der Waals surface area contributed by atoms with Crippen molar-refractivity contribution in [2.24, 2.45) is 7.05 Å². The molecule has 0 fully saturated rings. The van der Waals surface area contributed by atoms with Crippen LogP contribution in [0, 0.1) is 0 Å². The highest BCUT2D eigenvalue weighted by Crippen LogP contribution is 2.41. The lowest BCUT2D eigenvalue weighted by Gasteiger charge is -2.29. The molecule has 1 aliphatic rings. The maximum Gasteiger partial charge on any atom is 0.417 e. The van der Waals surface area contributed by atoms with Crippen LogP contribution in [0.1, 0.15) is 63.5 Å². The van der Waals surface area contributed by atoms with Crippen LogP contribution < -0.4 is 4.90 Å². The second-order valence-corrected chi connectivity index (χ2v) is 7.51. The number of aryl methyl sites for hydroxylation is 2. The van der Waals surface area contributed by atoms with Crippen molar-refractivity contribution in [2.45, 2.75) is 65.0 Å². The number of benzene rings is 1. The normalized spacial score (nSPS) is 13.8. The first kappa shape index (κ1) is 22.3. The highest BCUT2D eigenvalue weighted by Gasteiger charge is 2.35. The molecule has 28 heavy (non-hydrogen) atoms. The lowest BCUT2D eigenvalue weighted by Crippen LogP contribution is -2.25.